The number of primary amides is 1. The Kier molecular flexibility index (Phi) is 4.16. The van der Waals surface area contributed by atoms with E-state index >= 15 is 0 Å². The molecule has 0 spiro atoms. The number of nitrogens with zero attached hydrogens (tertiary/aromatic N) is 1. The van der Waals surface area contributed by atoms with Gasteiger partial charge in [0.1, 0.15) is 0 Å². The van der Waals surface area contributed by atoms with Gasteiger partial charge in [-0.1, -0.05) is 13.0 Å². The van der Waals surface area contributed by atoms with Crippen molar-refractivity contribution >= 4 is 11.7 Å². The number of nitrogens with one attached hydrogen (secondary N) is 1. The number of hydrogen-bond acceptors (Lipinski definition) is 2. The Hall–Kier alpha value is -1.32. The van der Waals surface area contributed by atoms with Gasteiger partial charge >= 0.3 is 6.03 Å². The second-order valence-corrected chi connectivity index (χ2v) is 3.36. The number of carbonyl (C=O) groups is 1. The molecule has 0 fully saturated rings. The van der Waals surface area contributed by atoms with Crippen LogP contribution in [-0.2, 0) is 0 Å². The summed E-state index contributed by atoms with van der Waals surface area (Å²) < 4.78 is 0. The molecule has 0 aromatic heterocycles. The zero-order valence-electron chi connectivity index (χ0n) is 8.55. The van der Waals surface area contributed by atoms with Crippen molar-refractivity contribution in [1.29, 1.82) is 0 Å². The molecule has 0 bridgehead atoms. The van der Waals surface area contributed by atoms with Crippen LogP contribution in [0.15, 0.2) is 16.8 Å². The molecule has 1 rings (SSSR count). The van der Waals surface area contributed by atoms with Crippen LogP contribution in [0.2, 0.25) is 0 Å². The summed E-state index contributed by atoms with van der Waals surface area (Å²) >= 11 is 0. The molecular weight excluding hydrogens is 178 g/mol. The van der Waals surface area contributed by atoms with Gasteiger partial charge in [0.05, 0.1) is 5.71 Å². The summed E-state index contributed by atoms with van der Waals surface area (Å²) in [7, 11) is 0. The van der Waals surface area contributed by atoms with Gasteiger partial charge in [-0.3, -0.25) is 0 Å². The molecular formula is C10H17N3O. The van der Waals surface area contributed by atoms with Gasteiger partial charge in [0.25, 0.3) is 0 Å². The van der Waals surface area contributed by atoms with Gasteiger partial charge in [-0.2, -0.15) is 5.10 Å². The maximum Gasteiger partial charge on any atom is 0.332 e. The second-order valence-electron chi connectivity index (χ2n) is 3.36. The molecule has 1 aliphatic carbocycles. The van der Waals surface area contributed by atoms with Crippen LogP contribution in [0.25, 0.3) is 0 Å². The lowest BCUT2D eigenvalue weighted by Crippen LogP contribution is -2.26. The van der Waals surface area contributed by atoms with Crippen molar-refractivity contribution in [3.8, 4) is 0 Å². The number of rotatable bonds is 3. The summed E-state index contributed by atoms with van der Waals surface area (Å²) in [5, 5.41) is 3.99. The van der Waals surface area contributed by atoms with Crippen LogP contribution >= 0.6 is 0 Å². The van der Waals surface area contributed by atoms with Crippen molar-refractivity contribution in [2.45, 2.75) is 39.0 Å². The number of amides is 2. The van der Waals surface area contributed by atoms with Gasteiger partial charge in [-0.05, 0) is 37.7 Å². The van der Waals surface area contributed by atoms with Crippen LogP contribution < -0.4 is 11.2 Å². The topological polar surface area (TPSA) is 67.5 Å². The number of nitrogens with two attached hydrogens (primary N) is 1. The van der Waals surface area contributed by atoms with Gasteiger partial charge in [0, 0.05) is 0 Å². The van der Waals surface area contributed by atoms with Gasteiger partial charge in [0.2, 0.25) is 0 Å². The zero-order chi connectivity index (χ0) is 10.4. The minimum Gasteiger partial charge on any atom is -0.350 e. The molecule has 0 unspecified atom stereocenters. The minimum absolute atomic E-state index is 0.604. The summed E-state index contributed by atoms with van der Waals surface area (Å²) in [6.07, 6.45) is 7.67. The molecule has 0 aromatic carbocycles. The first-order chi connectivity index (χ1) is 6.74. The van der Waals surface area contributed by atoms with Gasteiger partial charge in [-0.15, -0.1) is 0 Å². The van der Waals surface area contributed by atoms with Gasteiger partial charge < -0.3 is 5.73 Å². The predicted octanol–water partition coefficient (Wildman–Crippen LogP) is 1.92. The lowest BCUT2D eigenvalue weighted by molar-refractivity contribution is 0.249. The molecule has 1 aliphatic rings. The third-order valence-corrected chi connectivity index (χ3v) is 2.30. The molecule has 0 aliphatic heterocycles. The molecule has 0 radical (unpaired) electrons. The van der Waals surface area contributed by atoms with Crippen LogP contribution in [0.5, 0.6) is 0 Å². The van der Waals surface area contributed by atoms with E-state index in [1.54, 1.807) is 0 Å². The summed E-state index contributed by atoms with van der Waals surface area (Å²) in [4.78, 5) is 10.5. The first-order valence-corrected chi connectivity index (χ1v) is 5.05. The highest BCUT2D eigenvalue weighted by Crippen LogP contribution is 2.19. The lowest BCUT2D eigenvalue weighted by atomic mass is 9.95. The third kappa shape index (κ3) is 3.20. The summed E-state index contributed by atoms with van der Waals surface area (Å²) in [5.74, 6) is 0. The Balaban J connectivity index is 2.64. The van der Waals surface area contributed by atoms with E-state index < -0.39 is 6.03 Å². The van der Waals surface area contributed by atoms with E-state index in [2.05, 4.69) is 16.6 Å². The lowest BCUT2D eigenvalue weighted by Gasteiger charge is -2.13. The van der Waals surface area contributed by atoms with Crippen LogP contribution in [-0.4, -0.2) is 11.7 Å². The fourth-order valence-electron chi connectivity index (χ4n) is 1.60. The Morgan fingerprint density at radius 1 is 1.64 bits per heavy atom. The number of urea groups is 1. The molecule has 0 atom stereocenters. The first kappa shape index (κ1) is 10.8. The Morgan fingerprint density at radius 3 is 2.93 bits per heavy atom. The van der Waals surface area contributed by atoms with Crippen LogP contribution in [0.1, 0.15) is 39.0 Å². The molecule has 0 heterocycles. The van der Waals surface area contributed by atoms with E-state index in [0.717, 1.165) is 25.0 Å². The van der Waals surface area contributed by atoms with E-state index in [-0.39, 0.29) is 0 Å². The monoisotopic (exact) mass is 195 g/mol. The maximum atomic E-state index is 10.5. The Morgan fingerprint density at radius 2 is 2.43 bits per heavy atom. The van der Waals surface area contributed by atoms with Crippen molar-refractivity contribution in [1.82, 2.24) is 5.43 Å². The van der Waals surface area contributed by atoms with E-state index in [1.807, 2.05) is 6.92 Å². The average Bonchev–Trinajstić information content (AvgIpc) is 2.20. The molecule has 0 saturated carbocycles. The van der Waals surface area contributed by atoms with Crippen LogP contribution in [0.4, 0.5) is 4.79 Å². The van der Waals surface area contributed by atoms with Gasteiger partial charge in [0.15, 0.2) is 0 Å². The summed E-state index contributed by atoms with van der Waals surface area (Å²) in [5.41, 5.74) is 9.43. The number of hydrogen-bond donors (Lipinski definition) is 2. The first-order valence-electron chi connectivity index (χ1n) is 5.05. The Labute approximate surface area is 84.2 Å². The van der Waals surface area contributed by atoms with Crippen LogP contribution in [0, 0.1) is 0 Å². The van der Waals surface area contributed by atoms with E-state index in [0.29, 0.717) is 0 Å². The van der Waals surface area contributed by atoms with E-state index in [1.165, 1.54) is 18.4 Å². The average molecular weight is 195 g/mol. The van der Waals surface area contributed by atoms with E-state index in [4.69, 9.17) is 5.73 Å². The van der Waals surface area contributed by atoms with Crippen molar-refractivity contribution in [3.63, 3.8) is 0 Å². The maximum absolute atomic E-state index is 10.5. The van der Waals surface area contributed by atoms with Crippen molar-refractivity contribution in [3.05, 3.63) is 11.6 Å². The second kappa shape index (κ2) is 5.42. The standard InChI is InChI=1S/C10H17N3O/c1-2-9(12-13-10(11)14)8-6-4-3-5-7-8/h6H,2-5,7H2,1H3,(H3,11,13,14)/b12-9+. The third-order valence-electron chi connectivity index (χ3n) is 2.30. The fraction of sp³-hybridized carbons (Fsp3) is 0.600. The number of carbonyl (C=O) groups excluding carboxylic acids is 1. The van der Waals surface area contributed by atoms with Crippen LogP contribution in [0.3, 0.4) is 0 Å². The number of hydrazone groups is 1. The predicted molar refractivity (Wildman–Crippen MR) is 57.0 cm³/mol. The van der Waals surface area contributed by atoms with Crippen molar-refractivity contribution < 1.29 is 4.79 Å². The van der Waals surface area contributed by atoms with E-state index in [9.17, 15) is 4.79 Å². The highest BCUT2D eigenvalue weighted by Gasteiger charge is 2.08. The Bertz CT molecular complexity index is 269. The molecule has 4 heteroatoms. The highest BCUT2D eigenvalue weighted by atomic mass is 16.2. The fourth-order valence-corrected chi connectivity index (χ4v) is 1.60. The molecule has 14 heavy (non-hydrogen) atoms. The number of allylic oxidation sites excluding steroid dienone is 2. The normalized spacial score (nSPS) is 17.5. The quantitative estimate of drug-likeness (QED) is 0.524. The van der Waals surface area contributed by atoms with Gasteiger partial charge in [-0.25, -0.2) is 10.2 Å². The molecule has 2 amide bonds. The molecule has 0 saturated heterocycles. The minimum atomic E-state index is -0.604. The molecule has 0 aromatic rings. The van der Waals surface area contributed by atoms with Crippen molar-refractivity contribution in [2.24, 2.45) is 10.8 Å². The van der Waals surface area contributed by atoms with Crippen molar-refractivity contribution in [2.75, 3.05) is 0 Å². The molecule has 78 valence electrons. The highest BCUT2D eigenvalue weighted by molar-refractivity contribution is 6.00. The molecule has 3 N–H and O–H groups in total. The SMILES string of the molecule is CC/C(=N\NC(N)=O)C1=CCCCC1. The largest absolute Gasteiger partial charge is 0.350 e. The molecule has 4 nitrogen and oxygen atoms in total. The zero-order valence-corrected chi connectivity index (χ0v) is 8.55. The smallest absolute Gasteiger partial charge is 0.332 e. The summed E-state index contributed by atoms with van der Waals surface area (Å²) in [6, 6.07) is -0.604. The summed E-state index contributed by atoms with van der Waals surface area (Å²) in [6.45, 7) is 2.02.